The Bertz CT molecular complexity index is 942. The predicted octanol–water partition coefficient (Wildman–Crippen LogP) is 3.01. The molecule has 1 amide bonds. The van der Waals surface area contributed by atoms with Gasteiger partial charge in [0.05, 0.1) is 6.54 Å². The van der Waals surface area contributed by atoms with Gasteiger partial charge in [0.15, 0.2) is 0 Å². The van der Waals surface area contributed by atoms with Crippen molar-refractivity contribution in [1.29, 1.82) is 0 Å². The Kier molecular flexibility index (Phi) is 5.00. The Balaban J connectivity index is 1.09. The Morgan fingerprint density at radius 1 is 1.07 bits per heavy atom. The first-order chi connectivity index (χ1) is 14.7. The summed E-state index contributed by atoms with van der Waals surface area (Å²) in [6, 6.07) is 0.795. The van der Waals surface area contributed by atoms with Gasteiger partial charge in [0.25, 0.3) is 0 Å². The minimum absolute atomic E-state index is 0.305. The topological polar surface area (TPSA) is 52.6 Å². The second-order valence-corrected chi connectivity index (χ2v) is 10.6. The number of hydrogen-bond acceptors (Lipinski definition) is 6. The summed E-state index contributed by atoms with van der Waals surface area (Å²) >= 11 is 1.82. The Morgan fingerprint density at radius 3 is 2.57 bits per heavy atom. The van der Waals surface area contributed by atoms with E-state index in [2.05, 4.69) is 25.9 Å². The number of aromatic nitrogens is 2. The fourth-order valence-electron chi connectivity index (χ4n) is 5.32. The van der Waals surface area contributed by atoms with Crippen molar-refractivity contribution >= 4 is 27.5 Å². The van der Waals surface area contributed by atoms with Crippen LogP contribution in [-0.2, 0) is 17.8 Å². The van der Waals surface area contributed by atoms with Gasteiger partial charge in [-0.05, 0) is 37.7 Å². The van der Waals surface area contributed by atoms with Crippen molar-refractivity contribution in [2.24, 2.45) is 0 Å². The third-order valence-electron chi connectivity index (χ3n) is 7.79. The number of thiophene rings is 1. The van der Waals surface area contributed by atoms with Crippen molar-refractivity contribution in [2.45, 2.75) is 63.5 Å². The van der Waals surface area contributed by atoms with E-state index in [1.165, 1.54) is 54.4 Å². The molecule has 0 radical (unpaired) electrons. The lowest BCUT2D eigenvalue weighted by atomic mass is 9.85. The van der Waals surface area contributed by atoms with E-state index in [0.717, 1.165) is 62.4 Å². The van der Waals surface area contributed by atoms with E-state index in [4.69, 9.17) is 4.98 Å². The van der Waals surface area contributed by atoms with E-state index >= 15 is 0 Å². The zero-order valence-corrected chi connectivity index (χ0v) is 18.5. The summed E-state index contributed by atoms with van der Waals surface area (Å²) in [4.78, 5) is 32.1. The van der Waals surface area contributed by atoms with Gasteiger partial charge < -0.3 is 4.90 Å². The average molecular weight is 426 g/mol. The molecule has 4 aliphatic rings. The lowest BCUT2D eigenvalue weighted by Gasteiger charge is -2.43. The molecule has 160 valence electrons. The molecule has 7 heteroatoms. The van der Waals surface area contributed by atoms with E-state index in [9.17, 15) is 4.79 Å². The van der Waals surface area contributed by atoms with Crippen LogP contribution < -0.4 is 0 Å². The third-order valence-corrected chi connectivity index (χ3v) is 8.91. The molecule has 0 bridgehead atoms. The third kappa shape index (κ3) is 3.45. The van der Waals surface area contributed by atoms with Gasteiger partial charge in [-0.15, -0.1) is 11.3 Å². The van der Waals surface area contributed by atoms with Crippen molar-refractivity contribution in [2.75, 3.05) is 39.3 Å². The van der Waals surface area contributed by atoms with Crippen LogP contribution in [0.5, 0.6) is 0 Å². The van der Waals surface area contributed by atoms with Crippen LogP contribution in [0.1, 0.15) is 60.7 Å². The molecule has 0 aromatic carbocycles. The van der Waals surface area contributed by atoms with Crippen LogP contribution >= 0.6 is 11.3 Å². The SMILES string of the molecule is O=C(CN1CCc2c(sc3nc(C4CCC4)ncc23)C1)N1CCN(C2CCC2)CC1. The van der Waals surface area contributed by atoms with Crippen LogP contribution in [0.15, 0.2) is 6.20 Å². The highest BCUT2D eigenvalue weighted by molar-refractivity contribution is 7.18. The van der Waals surface area contributed by atoms with Gasteiger partial charge >= 0.3 is 0 Å². The predicted molar refractivity (Wildman–Crippen MR) is 119 cm³/mol. The molecule has 6 rings (SSSR count). The Hall–Kier alpha value is -1.57. The van der Waals surface area contributed by atoms with Crippen molar-refractivity contribution in [3.8, 4) is 0 Å². The molecule has 1 saturated heterocycles. The number of piperazine rings is 1. The molecule has 0 spiro atoms. The molecule has 0 N–H and O–H groups in total. The maximum absolute atomic E-state index is 12.9. The fraction of sp³-hybridized carbons (Fsp3) is 0.696. The van der Waals surface area contributed by atoms with Gasteiger partial charge in [-0.2, -0.15) is 0 Å². The second-order valence-electron chi connectivity index (χ2n) is 9.54. The zero-order chi connectivity index (χ0) is 20.1. The number of carbonyl (C=O) groups excluding carboxylic acids is 1. The molecule has 0 atom stereocenters. The van der Waals surface area contributed by atoms with Crippen LogP contribution in [0, 0.1) is 0 Å². The minimum atomic E-state index is 0.305. The molecular weight excluding hydrogens is 394 g/mol. The summed E-state index contributed by atoms with van der Waals surface area (Å²) < 4.78 is 0. The highest BCUT2D eigenvalue weighted by atomic mass is 32.1. The molecule has 4 heterocycles. The monoisotopic (exact) mass is 425 g/mol. The summed E-state index contributed by atoms with van der Waals surface area (Å²) in [5, 5.41) is 1.25. The number of amides is 1. The average Bonchev–Trinajstić information content (AvgIpc) is 3.02. The molecule has 6 nitrogen and oxygen atoms in total. The van der Waals surface area contributed by atoms with Crippen molar-refractivity contribution in [3.05, 3.63) is 22.5 Å². The van der Waals surface area contributed by atoms with Gasteiger partial charge in [0.2, 0.25) is 5.91 Å². The minimum Gasteiger partial charge on any atom is -0.339 e. The van der Waals surface area contributed by atoms with Crippen LogP contribution in [-0.4, -0.2) is 75.9 Å². The maximum Gasteiger partial charge on any atom is 0.236 e. The number of rotatable bonds is 4. The normalized spacial score (nSPS) is 23.9. The molecule has 0 unspecified atom stereocenters. The fourth-order valence-corrected chi connectivity index (χ4v) is 6.56. The van der Waals surface area contributed by atoms with E-state index in [0.29, 0.717) is 18.4 Å². The van der Waals surface area contributed by atoms with Crippen molar-refractivity contribution in [1.82, 2.24) is 24.7 Å². The number of nitrogens with zero attached hydrogens (tertiary/aromatic N) is 5. The summed E-state index contributed by atoms with van der Waals surface area (Å²) in [5.74, 6) is 1.92. The molecular formula is C23H31N5OS. The summed E-state index contributed by atoms with van der Waals surface area (Å²) in [6.07, 6.45) is 10.9. The Labute approximate surface area is 182 Å². The van der Waals surface area contributed by atoms with Crippen LogP contribution in [0.25, 0.3) is 10.2 Å². The number of hydrogen-bond donors (Lipinski definition) is 0. The van der Waals surface area contributed by atoms with E-state index in [1.807, 2.05) is 11.3 Å². The van der Waals surface area contributed by atoms with Gasteiger partial charge in [-0.25, -0.2) is 9.97 Å². The standard InChI is InChI=1S/C23H31N5OS/c29-21(28-11-9-27(10-12-28)17-5-2-6-17)15-26-8-7-18-19-13-24-22(16-3-1-4-16)25-23(19)30-20(18)14-26/h13,16-17H,1-12,14-15H2. The van der Waals surface area contributed by atoms with E-state index in [1.54, 1.807) is 0 Å². The first-order valence-electron chi connectivity index (χ1n) is 11.8. The lowest BCUT2D eigenvalue weighted by Crippen LogP contribution is -2.55. The zero-order valence-electron chi connectivity index (χ0n) is 17.7. The first-order valence-corrected chi connectivity index (χ1v) is 12.6. The maximum atomic E-state index is 12.9. The van der Waals surface area contributed by atoms with Gasteiger partial charge in [0.1, 0.15) is 10.7 Å². The van der Waals surface area contributed by atoms with Crippen LogP contribution in [0.3, 0.4) is 0 Å². The van der Waals surface area contributed by atoms with E-state index in [-0.39, 0.29) is 0 Å². The summed E-state index contributed by atoms with van der Waals surface area (Å²) in [6.45, 7) is 6.29. The van der Waals surface area contributed by atoms with E-state index < -0.39 is 0 Å². The number of carbonyl (C=O) groups is 1. The highest BCUT2D eigenvalue weighted by Gasteiger charge is 2.31. The largest absolute Gasteiger partial charge is 0.339 e. The van der Waals surface area contributed by atoms with Gasteiger partial charge in [-0.1, -0.05) is 12.8 Å². The van der Waals surface area contributed by atoms with Gasteiger partial charge in [-0.3, -0.25) is 14.6 Å². The van der Waals surface area contributed by atoms with Crippen LogP contribution in [0.4, 0.5) is 0 Å². The van der Waals surface area contributed by atoms with Crippen molar-refractivity contribution in [3.63, 3.8) is 0 Å². The second kappa shape index (κ2) is 7.84. The first kappa shape index (κ1) is 19.1. The Morgan fingerprint density at radius 2 is 1.87 bits per heavy atom. The van der Waals surface area contributed by atoms with Crippen molar-refractivity contribution < 1.29 is 4.79 Å². The molecule has 2 aliphatic carbocycles. The number of fused-ring (bicyclic) bond motifs is 3. The summed E-state index contributed by atoms with van der Waals surface area (Å²) in [7, 11) is 0. The molecule has 2 aromatic heterocycles. The quantitative estimate of drug-likeness (QED) is 0.754. The van der Waals surface area contributed by atoms with Gasteiger partial charge in [0, 0.05) is 67.7 Å². The molecule has 2 saturated carbocycles. The molecule has 2 aromatic rings. The smallest absolute Gasteiger partial charge is 0.236 e. The van der Waals surface area contributed by atoms with Crippen LogP contribution in [0.2, 0.25) is 0 Å². The molecule has 2 aliphatic heterocycles. The molecule has 30 heavy (non-hydrogen) atoms. The lowest BCUT2D eigenvalue weighted by molar-refractivity contribution is -0.135. The highest BCUT2D eigenvalue weighted by Crippen LogP contribution is 2.38. The molecule has 3 fully saturated rings. The summed E-state index contributed by atoms with van der Waals surface area (Å²) in [5.41, 5.74) is 1.42.